The summed E-state index contributed by atoms with van der Waals surface area (Å²) in [6.45, 7) is -0.0455. The van der Waals surface area contributed by atoms with Crippen LogP contribution in [0.15, 0.2) is 71.6 Å². The summed E-state index contributed by atoms with van der Waals surface area (Å²) in [5.41, 5.74) is 1.53. The van der Waals surface area contributed by atoms with Gasteiger partial charge in [-0.2, -0.15) is 0 Å². The van der Waals surface area contributed by atoms with Crippen LogP contribution in [0.3, 0.4) is 0 Å². The highest BCUT2D eigenvalue weighted by molar-refractivity contribution is 7.90. The lowest BCUT2D eigenvalue weighted by atomic mass is 10.2. The first-order chi connectivity index (χ1) is 14.8. The molecule has 0 saturated carbocycles. The SMILES string of the molecule is COc1ccccc1CN1C(=O)N(Cc2ccccc2)c2cc(Cl)cc(Cl)c2S1(=O)=O. The van der Waals surface area contributed by atoms with Crippen molar-refractivity contribution in [3.63, 3.8) is 0 Å². The molecular weight excluding hydrogens is 459 g/mol. The fourth-order valence-electron chi connectivity index (χ4n) is 3.51. The Morgan fingerprint density at radius 1 is 0.935 bits per heavy atom. The highest BCUT2D eigenvalue weighted by Crippen LogP contribution is 2.42. The van der Waals surface area contributed by atoms with Gasteiger partial charge >= 0.3 is 6.03 Å². The molecular formula is C22H18Cl2N2O4S. The summed E-state index contributed by atoms with van der Waals surface area (Å²) in [5.74, 6) is 0.480. The van der Waals surface area contributed by atoms with Crippen molar-refractivity contribution >= 4 is 44.9 Å². The number of anilines is 1. The number of nitrogens with zero attached hydrogens (tertiary/aromatic N) is 2. The van der Waals surface area contributed by atoms with Crippen molar-refractivity contribution in [1.29, 1.82) is 0 Å². The zero-order valence-electron chi connectivity index (χ0n) is 16.5. The number of rotatable bonds is 5. The van der Waals surface area contributed by atoms with Crippen molar-refractivity contribution in [2.75, 3.05) is 12.0 Å². The third kappa shape index (κ3) is 3.96. The summed E-state index contributed by atoms with van der Waals surface area (Å²) in [6, 6.07) is 18.3. The first kappa shape index (κ1) is 21.5. The van der Waals surface area contributed by atoms with E-state index in [4.69, 9.17) is 27.9 Å². The predicted octanol–water partition coefficient (Wildman–Crippen LogP) is 5.33. The number of fused-ring (bicyclic) bond motifs is 1. The van der Waals surface area contributed by atoms with Crippen molar-refractivity contribution in [2.45, 2.75) is 18.0 Å². The Kier molecular flexibility index (Phi) is 5.83. The van der Waals surface area contributed by atoms with Gasteiger partial charge in [0.15, 0.2) is 0 Å². The molecule has 0 spiro atoms. The van der Waals surface area contributed by atoms with Gasteiger partial charge in [-0.3, -0.25) is 4.90 Å². The van der Waals surface area contributed by atoms with Gasteiger partial charge in [0.25, 0.3) is 10.0 Å². The quantitative estimate of drug-likeness (QED) is 0.498. The van der Waals surface area contributed by atoms with Crippen LogP contribution in [0.1, 0.15) is 11.1 Å². The largest absolute Gasteiger partial charge is 0.496 e. The average Bonchev–Trinajstić information content (AvgIpc) is 2.74. The van der Waals surface area contributed by atoms with E-state index < -0.39 is 16.1 Å². The first-order valence-corrected chi connectivity index (χ1v) is 11.5. The molecule has 6 nitrogen and oxygen atoms in total. The van der Waals surface area contributed by atoms with Gasteiger partial charge in [-0.25, -0.2) is 17.5 Å². The van der Waals surface area contributed by atoms with Crippen LogP contribution in [0.4, 0.5) is 10.5 Å². The second-order valence-corrected chi connectivity index (χ2v) is 9.56. The standard InChI is InChI=1S/C22H18Cl2N2O4S/c1-30-20-10-6-5-9-16(20)14-26-22(27)25(13-15-7-3-2-4-8-15)19-12-17(23)11-18(24)21(19)31(26,28)29/h2-12H,13-14H2,1H3. The molecule has 0 radical (unpaired) electrons. The van der Waals surface area contributed by atoms with Crippen LogP contribution in [-0.4, -0.2) is 25.9 Å². The number of ether oxygens (including phenoxy) is 1. The minimum absolute atomic E-state index is 0.0434. The average molecular weight is 477 g/mol. The number of hydrogen-bond acceptors (Lipinski definition) is 4. The van der Waals surface area contributed by atoms with E-state index in [1.807, 2.05) is 30.3 Å². The van der Waals surface area contributed by atoms with Gasteiger partial charge in [-0.15, -0.1) is 0 Å². The minimum atomic E-state index is -4.23. The molecule has 0 saturated heterocycles. The van der Waals surface area contributed by atoms with E-state index in [9.17, 15) is 13.2 Å². The molecule has 1 aliphatic heterocycles. The maximum Gasteiger partial charge on any atom is 0.339 e. The van der Waals surface area contributed by atoms with Gasteiger partial charge in [-0.05, 0) is 23.8 Å². The van der Waals surface area contributed by atoms with Crippen LogP contribution in [0.25, 0.3) is 0 Å². The topological polar surface area (TPSA) is 66.9 Å². The summed E-state index contributed by atoms with van der Waals surface area (Å²) in [5, 5.41) is 0.195. The molecule has 9 heteroatoms. The lowest BCUT2D eigenvalue weighted by Crippen LogP contribution is -2.50. The van der Waals surface area contributed by atoms with E-state index in [0.717, 1.165) is 9.87 Å². The summed E-state index contributed by atoms with van der Waals surface area (Å²) in [6.07, 6.45) is 0. The molecule has 31 heavy (non-hydrogen) atoms. The van der Waals surface area contributed by atoms with Crippen molar-refractivity contribution in [2.24, 2.45) is 0 Å². The van der Waals surface area contributed by atoms with Crippen molar-refractivity contribution < 1.29 is 17.9 Å². The predicted molar refractivity (Wildman–Crippen MR) is 120 cm³/mol. The summed E-state index contributed by atoms with van der Waals surface area (Å²) in [4.78, 5) is 14.7. The molecule has 0 bridgehead atoms. The van der Waals surface area contributed by atoms with Gasteiger partial charge in [0.1, 0.15) is 10.6 Å². The molecule has 0 atom stereocenters. The molecule has 0 unspecified atom stereocenters. The lowest BCUT2D eigenvalue weighted by molar-refractivity contribution is 0.226. The monoisotopic (exact) mass is 476 g/mol. The Balaban J connectivity index is 1.86. The minimum Gasteiger partial charge on any atom is -0.496 e. The van der Waals surface area contributed by atoms with Crippen molar-refractivity contribution in [3.8, 4) is 5.75 Å². The van der Waals surface area contributed by atoms with E-state index in [0.29, 0.717) is 11.3 Å². The molecule has 1 aliphatic rings. The van der Waals surface area contributed by atoms with Crippen LogP contribution in [0.5, 0.6) is 5.75 Å². The maximum absolute atomic E-state index is 13.5. The van der Waals surface area contributed by atoms with Crippen LogP contribution < -0.4 is 9.64 Å². The van der Waals surface area contributed by atoms with Crippen LogP contribution >= 0.6 is 23.2 Å². The van der Waals surface area contributed by atoms with Crippen LogP contribution in [0, 0.1) is 0 Å². The highest BCUT2D eigenvalue weighted by Gasteiger charge is 2.43. The fourth-order valence-corrected chi connectivity index (χ4v) is 5.86. The molecule has 3 aromatic rings. The fraction of sp³-hybridized carbons (Fsp3) is 0.136. The smallest absolute Gasteiger partial charge is 0.339 e. The number of halogens is 2. The molecule has 0 fully saturated rings. The van der Waals surface area contributed by atoms with E-state index in [1.54, 1.807) is 24.3 Å². The molecule has 160 valence electrons. The number of hydrogen-bond donors (Lipinski definition) is 0. The Bertz CT molecular complexity index is 1250. The lowest BCUT2D eigenvalue weighted by Gasteiger charge is -2.37. The number of methoxy groups -OCH3 is 1. The second kappa shape index (κ2) is 8.42. The number of amides is 2. The molecule has 1 heterocycles. The Morgan fingerprint density at radius 2 is 1.61 bits per heavy atom. The third-order valence-corrected chi connectivity index (χ3v) is 7.40. The van der Waals surface area contributed by atoms with Gasteiger partial charge in [0.05, 0.1) is 30.9 Å². The molecule has 0 N–H and O–H groups in total. The zero-order valence-corrected chi connectivity index (χ0v) is 18.8. The number of benzene rings is 3. The number of sulfonamides is 1. The van der Waals surface area contributed by atoms with Gasteiger partial charge in [-0.1, -0.05) is 71.7 Å². The Labute approximate surface area is 190 Å². The molecule has 0 aromatic heterocycles. The Morgan fingerprint density at radius 3 is 2.32 bits per heavy atom. The van der Waals surface area contributed by atoms with E-state index in [-0.39, 0.29) is 33.7 Å². The molecule has 4 rings (SSSR count). The van der Waals surface area contributed by atoms with E-state index in [1.165, 1.54) is 24.1 Å². The third-order valence-electron chi connectivity index (χ3n) is 4.96. The maximum atomic E-state index is 13.5. The normalized spacial score (nSPS) is 15.0. The summed E-state index contributed by atoms with van der Waals surface area (Å²) in [7, 11) is -2.74. The van der Waals surface area contributed by atoms with Crippen molar-refractivity contribution in [3.05, 3.63) is 87.9 Å². The zero-order chi connectivity index (χ0) is 22.2. The molecule has 2 amide bonds. The first-order valence-electron chi connectivity index (χ1n) is 9.32. The highest BCUT2D eigenvalue weighted by atomic mass is 35.5. The van der Waals surface area contributed by atoms with Gasteiger partial charge in [0, 0.05) is 10.6 Å². The number of urea groups is 1. The number of para-hydroxylation sites is 1. The van der Waals surface area contributed by atoms with Gasteiger partial charge in [0.2, 0.25) is 0 Å². The van der Waals surface area contributed by atoms with Crippen LogP contribution in [-0.2, 0) is 23.1 Å². The van der Waals surface area contributed by atoms with Crippen LogP contribution in [0.2, 0.25) is 10.0 Å². The number of carbonyl (C=O) groups excluding carboxylic acids is 1. The molecule has 0 aliphatic carbocycles. The Hall–Kier alpha value is -2.74. The number of carbonyl (C=O) groups is 1. The van der Waals surface area contributed by atoms with E-state index >= 15 is 0 Å². The van der Waals surface area contributed by atoms with Gasteiger partial charge < -0.3 is 4.74 Å². The summed E-state index contributed by atoms with van der Waals surface area (Å²) >= 11 is 12.5. The second-order valence-electron chi connectivity index (χ2n) is 6.91. The summed E-state index contributed by atoms with van der Waals surface area (Å²) < 4.78 is 33.1. The molecule has 3 aromatic carbocycles. The van der Waals surface area contributed by atoms with Crippen molar-refractivity contribution in [1.82, 2.24) is 4.31 Å². The van der Waals surface area contributed by atoms with E-state index in [2.05, 4.69) is 0 Å².